The zero-order valence-corrected chi connectivity index (χ0v) is 11.0. The van der Waals surface area contributed by atoms with E-state index in [9.17, 15) is 0 Å². The maximum absolute atomic E-state index is 3.60. The molecule has 0 unspecified atom stereocenters. The molecule has 1 aliphatic heterocycles. The minimum atomic E-state index is 0.596. The molecule has 0 radical (unpaired) electrons. The Balaban J connectivity index is 2.10. The number of likely N-dealkylation sites (tertiary alicyclic amines) is 1. The number of rotatable bonds is 4. The molecule has 1 aromatic rings. The zero-order chi connectivity index (χ0) is 12.1. The number of nitrogens with zero attached hydrogens (tertiary/aromatic N) is 1. The van der Waals surface area contributed by atoms with E-state index >= 15 is 0 Å². The van der Waals surface area contributed by atoms with Crippen molar-refractivity contribution in [1.29, 1.82) is 0 Å². The summed E-state index contributed by atoms with van der Waals surface area (Å²) in [5, 5.41) is 3.60. The fourth-order valence-corrected chi connectivity index (χ4v) is 2.89. The Kier molecular flexibility index (Phi) is 4.57. The molecule has 1 N–H and O–H groups in total. The summed E-state index contributed by atoms with van der Waals surface area (Å²) < 4.78 is 0. The molecule has 1 saturated heterocycles. The van der Waals surface area contributed by atoms with Crippen LogP contribution in [-0.4, -0.2) is 30.6 Å². The van der Waals surface area contributed by atoms with Crippen molar-refractivity contribution < 1.29 is 0 Å². The Morgan fingerprint density at radius 1 is 1.24 bits per heavy atom. The summed E-state index contributed by atoms with van der Waals surface area (Å²) in [7, 11) is 0. The van der Waals surface area contributed by atoms with Gasteiger partial charge in [-0.15, -0.1) is 0 Å². The average Bonchev–Trinajstić information content (AvgIpc) is 2.40. The van der Waals surface area contributed by atoms with Gasteiger partial charge in [0.2, 0.25) is 0 Å². The Morgan fingerprint density at radius 3 is 2.65 bits per heavy atom. The van der Waals surface area contributed by atoms with Crippen LogP contribution >= 0.6 is 0 Å². The van der Waals surface area contributed by atoms with Crippen LogP contribution in [0.2, 0.25) is 0 Å². The lowest BCUT2D eigenvalue weighted by atomic mass is 9.92. The molecule has 1 aliphatic rings. The van der Waals surface area contributed by atoms with Gasteiger partial charge < -0.3 is 5.32 Å². The average molecular weight is 232 g/mol. The highest BCUT2D eigenvalue weighted by Gasteiger charge is 2.27. The van der Waals surface area contributed by atoms with Crippen molar-refractivity contribution in [2.24, 2.45) is 0 Å². The summed E-state index contributed by atoms with van der Waals surface area (Å²) in [6.45, 7) is 7.91. The highest BCUT2D eigenvalue weighted by atomic mass is 15.2. The third-order valence-corrected chi connectivity index (χ3v) is 3.80. The van der Waals surface area contributed by atoms with Crippen LogP contribution in [-0.2, 0) is 0 Å². The monoisotopic (exact) mass is 232 g/mol. The fourth-order valence-electron chi connectivity index (χ4n) is 2.89. The molecule has 1 aromatic carbocycles. The summed E-state index contributed by atoms with van der Waals surface area (Å²) in [4.78, 5) is 2.60. The lowest BCUT2D eigenvalue weighted by molar-refractivity contribution is 0.132. The van der Waals surface area contributed by atoms with Gasteiger partial charge in [-0.05, 0) is 31.5 Å². The van der Waals surface area contributed by atoms with Gasteiger partial charge in [-0.25, -0.2) is 0 Å². The lowest BCUT2D eigenvalue weighted by Gasteiger charge is -2.39. The number of hydrogen-bond acceptors (Lipinski definition) is 2. The second-order valence-electron chi connectivity index (χ2n) is 4.83. The van der Waals surface area contributed by atoms with Crippen molar-refractivity contribution in [2.75, 3.05) is 19.6 Å². The summed E-state index contributed by atoms with van der Waals surface area (Å²) in [6.07, 6.45) is 2.52. The third-order valence-electron chi connectivity index (χ3n) is 3.80. The van der Waals surface area contributed by atoms with Crippen LogP contribution < -0.4 is 5.32 Å². The molecule has 0 aromatic heterocycles. The first-order valence-corrected chi connectivity index (χ1v) is 6.87. The van der Waals surface area contributed by atoms with Crippen molar-refractivity contribution >= 4 is 0 Å². The fraction of sp³-hybridized carbons (Fsp3) is 0.600. The van der Waals surface area contributed by atoms with Gasteiger partial charge in [-0.3, -0.25) is 4.90 Å². The van der Waals surface area contributed by atoms with Crippen LogP contribution in [0, 0.1) is 0 Å². The van der Waals surface area contributed by atoms with Crippen LogP contribution in [0.4, 0.5) is 0 Å². The van der Waals surface area contributed by atoms with Crippen molar-refractivity contribution in [2.45, 2.75) is 38.8 Å². The van der Waals surface area contributed by atoms with E-state index < -0.39 is 0 Å². The van der Waals surface area contributed by atoms with Gasteiger partial charge in [0, 0.05) is 18.6 Å². The van der Waals surface area contributed by atoms with Crippen LogP contribution in [0.1, 0.15) is 38.3 Å². The molecular formula is C15H24N2. The first-order valence-electron chi connectivity index (χ1n) is 6.87. The summed E-state index contributed by atoms with van der Waals surface area (Å²) in [6, 6.07) is 12.2. The molecule has 0 bridgehead atoms. The molecule has 94 valence electrons. The number of nitrogens with one attached hydrogen (secondary N) is 1. The molecule has 2 heteroatoms. The Morgan fingerprint density at radius 2 is 2.00 bits per heavy atom. The second-order valence-corrected chi connectivity index (χ2v) is 4.83. The van der Waals surface area contributed by atoms with Gasteiger partial charge >= 0.3 is 0 Å². The molecule has 17 heavy (non-hydrogen) atoms. The standard InChI is InChI=1S/C15H24N2/c1-3-16-14-10-11-17(4-2)15(12-14)13-8-6-5-7-9-13/h5-9,14-16H,3-4,10-12H2,1-2H3/t14-,15+/m1/s1. The molecule has 0 aliphatic carbocycles. The number of benzene rings is 1. The highest BCUT2D eigenvalue weighted by Crippen LogP contribution is 2.30. The van der Waals surface area contributed by atoms with Gasteiger partial charge in [0.1, 0.15) is 0 Å². The van der Waals surface area contributed by atoms with Crippen molar-refractivity contribution in [3.05, 3.63) is 35.9 Å². The Bertz CT molecular complexity index is 323. The minimum absolute atomic E-state index is 0.596. The van der Waals surface area contributed by atoms with Crippen molar-refractivity contribution in [3.8, 4) is 0 Å². The van der Waals surface area contributed by atoms with Crippen molar-refractivity contribution in [1.82, 2.24) is 10.2 Å². The topological polar surface area (TPSA) is 15.3 Å². The molecule has 2 nitrogen and oxygen atoms in total. The molecule has 0 spiro atoms. The molecule has 2 atom stereocenters. The predicted octanol–water partition coefficient (Wildman–Crippen LogP) is 2.82. The van der Waals surface area contributed by atoms with Gasteiger partial charge in [0.05, 0.1) is 0 Å². The SMILES string of the molecule is CCN[C@@H]1CCN(CC)[C@H](c2ccccc2)C1. The van der Waals surface area contributed by atoms with E-state index in [1.807, 2.05) is 0 Å². The smallest absolute Gasteiger partial charge is 0.0362 e. The molecular weight excluding hydrogens is 208 g/mol. The maximum atomic E-state index is 3.60. The number of piperidine rings is 1. The van der Waals surface area contributed by atoms with Gasteiger partial charge in [0.15, 0.2) is 0 Å². The summed E-state index contributed by atoms with van der Waals surface area (Å²) in [5.41, 5.74) is 1.47. The van der Waals surface area contributed by atoms with Gasteiger partial charge in [0.25, 0.3) is 0 Å². The molecule has 0 saturated carbocycles. The van der Waals surface area contributed by atoms with Gasteiger partial charge in [-0.1, -0.05) is 44.2 Å². The predicted molar refractivity (Wildman–Crippen MR) is 73.1 cm³/mol. The third kappa shape index (κ3) is 3.08. The van der Waals surface area contributed by atoms with Crippen LogP contribution in [0.25, 0.3) is 0 Å². The first-order chi connectivity index (χ1) is 8.35. The van der Waals surface area contributed by atoms with E-state index in [1.165, 1.54) is 24.9 Å². The van der Waals surface area contributed by atoms with Crippen LogP contribution in [0.15, 0.2) is 30.3 Å². The Hall–Kier alpha value is -0.860. The minimum Gasteiger partial charge on any atom is -0.314 e. The van der Waals surface area contributed by atoms with Crippen LogP contribution in [0.5, 0.6) is 0 Å². The van der Waals surface area contributed by atoms with Crippen molar-refractivity contribution in [3.63, 3.8) is 0 Å². The first kappa shape index (κ1) is 12.6. The molecule has 2 rings (SSSR count). The quantitative estimate of drug-likeness (QED) is 0.858. The highest BCUT2D eigenvalue weighted by molar-refractivity contribution is 5.20. The van der Waals surface area contributed by atoms with E-state index in [1.54, 1.807) is 0 Å². The summed E-state index contributed by atoms with van der Waals surface area (Å²) in [5.74, 6) is 0. The van der Waals surface area contributed by atoms with Gasteiger partial charge in [-0.2, -0.15) is 0 Å². The molecule has 1 fully saturated rings. The second kappa shape index (κ2) is 6.18. The Labute approximate surface area is 105 Å². The van der Waals surface area contributed by atoms with E-state index in [-0.39, 0.29) is 0 Å². The molecule has 1 heterocycles. The van der Waals surface area contributed by atoms with E-state index in [0.717, 1.165) is 13.1 Å². The van der Waals surface area contributed by atoms with E-state index in [4.69, 9.17) is 0 Å². The number of hydrogen-bond donors (Lipinski definition) is 1. The van der Waals surface area contributed by atoms with E-state index in [0.29, 0.717) is 12.1 Å². The molecule has 0 amide bonds. The largest absolute Gasteiger partial charge is 0.314 e. The maximum Gasteiger partial charge on any atom is 0.0362 e. The lowest BCUT2D eigenvalue weighted by Crippen LogP contribution is -2.44. The summed E-state index contributed by atoms with van der Waals surface area (Å²) >= 11 is 0. The van der Waals surface area contributed by atoms with Crippen LogP contribution in [0.3, 0.4) is 0 Å². The van der Waals surface area contributed by atoms with E-state index in [2.05, 4.69) is 54.4 Å². The normalized spacial score (nSPS) is 26.0. The zero-order valence-electron chi connectivity index (χ0n) is 11.0.